The monoisotopic (exact) mass is 224 g/mol. The fourth-order valence-corrected chi connectivity index (χ4v) is 2.56. The lowest BCUT2D eigenvalue weighted by molar-refractivity contribution is -0.139. The Hall–Kier alpha value is -0.570. The van der Waals surface area contributed by atoms with Crippen LogP contribution in [0.3, 0.4) is 0 Å². The molecule has 0 spiro atoms. The molecule has 0 aromatic heterocycles. The van der Waals surface area contributed by atoms with Crippen LogP contribution in [-0.2, 0) is 4.79 Å². The van der Waals surface area contributed by atoms with Crippen LogP contribution < -0.4 is 5.32 Å². The summed E-state index contributed by atoms with van der Waals surface area (Å²) in [5.74, 6) is 0.418. The molecule has 0 bridgehead atoms. The molecule has 0 radical (unpaired) electrons. The average Bonchev–Trinajstić information content (AvgIpc) is 3.06. The van der Waals surface area contributed by atoms with Crippen molar-refractivity contribution < 1.29 is 4.79 Å². The number of carbonyl (C=O) groups is 1. The highest BCUT2D eigenvalue weighted by molar-refractivity contribution is 5.85. The minimum absolute atomic E-state index is 0.0000454. The summed E-state index contributed by atoms with van der Waals surface area (Å²) in [5.41, 5.74) is 0.0000454. The zero-order valence-electron chi connectivity index (χ0n) is 10.6. The predicted octanol–water partition coefficient (Wildman–Crippen LogP) is 1.78. The molecule has 2 fully saturated rings. The van der Waals surface area contributed by atoms with Crippen molar-refractivity contribution in [1.29, 1.82) is 0 Å². The molecule has 16 heavy (non-hydrogen) atoms. The van der Waals surface area contributed by atoms with Gasteiger partial charge in [-0.05, 0) is 45.2 Å². The van der Waals surface area contributed by atoms with E-state index in [4.69, 9.17) is 0 Å². The number of rotatable bonds is 4. The first-order valence-corrected chi connectivity index (χ1v) is 6.69. The van der Waals surface area contributed by atoms with Crippen LogP contribution in [0.1, 0.15) is 46.0 Å². The maximum Gasteiger partial charge on any atom is 0.228 e. The van der Waals surface area contributed by atoms with Gasteiger partial charge in [0.2, 0.25) is 5.91 Å². The van der Waals surface area contributed by atoms with E-state index >= 15 is 0 Å². The maximum absolute atomic E-state index is 12.4. The van der Waals surface area contributed by atoms with Crippen LogP contribution in [0.15, 0.2) is 0 Å². The Labute approximate surface area is 98.6 Å². The van der Waals surface area contributed by atoms with Crippen LogP contribution in [0.25, 0.3) is 0 Å². The van der Waals surface area contributed by atoms with Gasteiger partial charge in [0, 0.05) is 18.0 Å². The quantitative estimate of drug-likeness (QED) is 0.789. The molecule has 2 rings (SSSR count). The van der Waals surface area contributed by atoms with Gasteiger partial charge in [0.05, 0.1) is 0 Å². The third kappa shape index (κ3) is 2.40. The lowest BCUT2D eigenvalue weighted by atomic mass is 10.0. The lowest BCUT2D eigenvalue weighted by Crippen LogP contribution is -2.48. The Morgan fingerprint density at radius 2 is 2.00 bits per heavy atom. The van der Waals surface area contributed by atoms with Crippen LogP contribution in [0.5, 0.6) is 0 Å². The Kier molecular flexibility index (Phi) is 3.53. The molecule has 2 aliphatic rings. The van der Waals surface area contributed by atoms with Crippen LogP contribution in [0, 0.1) is 5.41 Å². The summed E-state index contributed by atoms with van der Waals surface area (Å²) in [7, 11) is 0. The highest BCUT2D eigenvalue weighted by atomic mass is 16.2. The van der Waals surface area contributed by atoms with Crippen molar-refractivity contribution in [3.05, 3.63) is 0 Å². The normalized spacial score (nSPS) is 24.1. The Morgan fingerprint density at radius 3 is 2.50 bits per heavy atom. The molecule has 1 aliphatic heterocycles. The van der Waals surface area contributed by atoms with E-state index in [2.05, 4.69) is 24.1 Å². The van der Waals surface area contributed by atoms with Gasteiger partial charge in [-0.15, -0.1) is 0 Å². The lowest BCUT2D eigenvalue weighted by Gasteiger charge is -2.36. The molecule has 0 aromatic carbocycles. The molecular weight excluding hydrogens is 200 g/mol. The van der Waals surface area contributed by atoms with Crippen molar-refractivity contribution in [2.45, 2.75) is 52.0 Å². The molecule has 0 atom stereocenters. The van der Waals surface area contributed by atoms with Gasteiger partial charge in [-0.1, -0.05) is 13.8 Å². The first-order valence-electron chi connectivity index (χ1n) is 6.69. The highest BCUT2D eigenvalue weighted by Gasteiger charge is 2.48. The number of hydrogen-bond acceptors (Lipinski definition) is 2. The van der Waals surface area contributed by atoms with Gasteiger partial charge in [0.1, 0.15) is 0 Å². The standard InChI is InChI=1S/C13H24N2O/c1-3-10-15(11-4-8-14-9-5-11)12(16)13(2)6-7-13/h11,14H,3-10H2,1-2H3. The van der Waals surface area contributed by atoms with Crippen molar-refractivity contribution in [1.82, 2.24) is 10.2 Å². The van der Waals surface area contributed by atoms with Crippen LogP contribution in [0.2, 0.25) is 0 Å². The fraction of sp³-hybridized carbons (Fsp3) is 0.923. The van der Waals surface area contributed by atoms with Crippen molar-refractivity contribution in [3.8, 4) is 0 Å². The van der Waals surface area contributed by atoms with E-state index in [1.165, 1.54) is 0 Å². The zero-order chi connectivity index (χ0) is 11.6. The molecule has 3 nitrogen and oxygen atoms in total. The van der Waals surface area contributed by atoms with E-state index in [0.717, 1.165) is 51.7 Å². The number of hydrogen-bond donors (Lipinski definition) is 1. The Balaban J connectivity index is 2.00. The van der Waals surface area contributed by atoms with E-state index in [1.54, 1.807) is 0 Å². The minimum atomic E-state index is 0.0000454. The largest absolute Gasteiger partial charge is 0.339 e. The van der Waals surface area contributed by atoms with E-state index in [0.29, 0.717) is 11.9 Å². The summed E-state index contributed by atoms with van der Waals surface area (Å²) in [6.07, 6.45) is 5.52. The van der Waals surface area contributed by atoms with Gasteiger partial charge in [0.25, 0.3) is 0 Å². The molecule has 1 saturated carbocycles. The topological polar surface area (TPSA) is 32.3 Å². The Bertz CT molecular complexity index is 255. The van der Waals surface area contributed by atoms with E-state index in [-0.39, 0.29) is 5.41 Å². The number of nitrogens with zero attached hydrogens (tertiary/aromatic N) is 1. The molecule has 0 unspecified atom stereocenters. The van der Waals surface area contributed by atoms with Crippen LogP contribution in [0.4, 0.5) is 0 Å². The second-order valence-electron chi connectivity index (χ2n) is 5.54. The number of carbonyl (C=O) groups excluding carboxylic acids is 1. The van der Waals surface area contributed by atoms with Crippen LogP contribution >= 0.6 is 0 Å². The summed E-state index contributed by atoms with van der Waals surface area (Å²) >= 11 is 0. The molecule has 1 aliphatic carbocycles. The average molecular weight is 224 g/mol. The zero-order valence-corrected chi connectivity index (χ0v) is 10.6. The molecule has 3 heteroatoms. The molecule has 1 N–H and O–H groups in total. The summed E-state index contributed by atoms with van der Waals surface area (Å²) < 4.78 is 0. The van der Waals surface area contributed by atoms with Crippen molar-refractivity contribution in [3.63, 3.8) is 0 Å². The van der Waals surface area contributed by atoms with Crippen molar-refractivity contribution in [2.75, 3.05) is 19.6 Å². The van der Waals surface area contributed by atoms with Gasteiger partial charge in [-0.3, -0.25) is 4.79 Å². The first kappa shape index (κ1) is 11.9. The highest BCUT2D eigenvalue weighted by Crippen LogP contribution is 2.47. The second kappa shape index (κ2) is 4.74. The van der Waals surface area contributed by atoms with E-state index in [9.17, 15) is 4.79 Å². The third-order valence-corrected chi connectivity index (χ3v) is 3.99. The number of amides is 1. The van der Waals surface area contributed by atoms with E-state index < -0.39 is 0 Å². The second-order valence-corrected chi connectivity index (χ2v) is 5.54. The van der Waals surface area contributed by atoms with Crippen molar-refractivity contribution >= 4 is 5.91 Å². The summed E-state index contributed by atoms with van der Waals surface area (Å²) in [6, 6.07) is 0.492. The van der Waals surface area contributed by atoms with Gasteiger partial charge >= 0.3 is 0 Å². The minimum Gasteiger partial charge on any atom is -0.339 e. The summed E-state index contributed by atoms with van der Waals surface area (Å²) in [5, 5.41) is 3.37. The SMILES string of the molecule is CCCN(C(=O)C1(C)CC1)C1CCNCC1. The third-order valence-electron chi connectivity index (χ3n) is 3.99. The molecule has 1 saturated heterocycles. The smallest absolute Gasteiger partial charge is 0.228 e. The van der Waals surface area contributed by atoms with Crippen LogP contribution in [-0.4, -0.2) is 36.5 Å². The van der Waals surface area contributed by atoms with Gasteiger partial charge in [-0.2, -0.15) is 0 Å². The molecular formula is C13H24N2O. The Morgan fingerprint density at radius 1 is 1.38 bits per heavy atom. The van der Waals surface area contributed by atoms with E-state index in [1.807, 2.05) is 0 Å². The van der Waals surface area contributed by atoms with Gasteiger partial charge in [-0.25, -0.2) is 0 Å². The molecule has 1 amide bonds. The maximum atomic E-state index is 12.4. The number of piperidine rings is 1. The number of nitrogens with one attached hydrogen (secondary N) is 1. The fourth-order valence-electron chi connectivity index (χ4n) is 2.56. The first-order chi connectivity index (χ1) is 7.67. The summed E-state index contributed by atoms with van der Waals surface area (Å²) in [6.45, 7) is 7.36. The van der Waals surface area contributed by atoms with Gasteiger partial charge < -0.3 is 10.2 Å². The molecule has 92 valence electrons. The molecule has 1 heterocycles. The molecule has 0 aromatic rings. The predicted molar refractivity (Wildman–Crippen MR) is 65.2 cm³/mol. The van der Waals surface area contributed by atoms with Gasteiger partial charge in [0.15, 0.2) is 0 Å². The summed E-state index contributed by atoms with van der Waals surface area (Å²) in [4.78, 5) is 14.6. The van der Waals surface area contributed by atoms with Crippen molar-refractivity contribution in [2.24, 2.45) is 5.41 Å².